The lowest BCUT2D eigenvalue weighted by Crippen LogP contribution is -1.95. The van der Waals surface area contributed by atoms with Gasteiger partial charge in [0.15, 0.2) is 23.0 Å². The van der Waals surface area contributed by atoms with E-state index in [0.717, 1.165) is 48.8 Å². The lowest BCUT2D eigenvalue weighted by molar-refractivity contribution is 0.350. The van der Waals surface area contributed by atoms with Gasteiger partial charge >= 0.3 is 0 Å². The first-order valence-corrected chi connectivity index (χ1v) is 18.7. The van der Waals surface area contributed by atoms with Crippen LogP contribution in [-0.4, -0.2) is 40.9 Å². The van der Waals surface area contributed by atoms with Crippen molar-refractivity contribution < 1.29 is 45.3 Å². The van der Waals surface area contributed by atoms with Crippen LogP contribution in [-0.2, 0) is 0 Å². The number of benzene rings is 10. The van der Waals surface area contributed by atoms with E-state index in [2.05, 4.69) is 6.07 Å². The molecule has 8 N–H and O–H groups in total. The first-order chi connectivity index (χ1) is 28.6. The van der Waals surface area contributed by atoms with Gasteiger partial charge in [-0.2, -0.15) is 0 Å². The van der Waals surface area contributed by atoms with Crippen molar-refractivity contribution in [3.8, 4) is 79.4 Å². The quantitative estimate of drug-likeness (QED) is 0.0376. The van der Waals surface area contributed by atoms with E-state index in [-0.39, 0.29) is 32.7 Å². The van der Waals surface area contributed by atoms with Crippen molar-refractivity contribution in [1.29, 1.82) is 0 Å². The summed E-state index contributed by atoms with van der Waals surface area (Å²) in [7, 11) is 0. The van der Waals surface area contributed by atoms with E-state index < -0.39 is 46.0 Å². The van der Waals surface area contributed by atoms with Crippen LogP contribution in [0.15, 0.2) is 138 Å². The summed E-state index contributed by atoms with van der Waals surface area (Å²) in [4.78, 5) is 0. The number of fused-ring (bicyclic) bond motifs is 9. The van der Waals surface area contributed by atoms with Gasteiger partial charge in [-0.3, -0.25) is 0 Å². The second-order valence-corrected chi connectivity index (χ2v) is 14.9. The van der Waals surface area contributed by atoms with Gasteiger partial charge in [0.2, 0.25) is 23.0 Å². The van der Waals surface area contributed by atoms with Crippen LogP contribution in [0, 0.1) is 0 Å². The van der Waals surface area contributed by atoms with Crippen LogP contribution in [0.4, 0.5) is 0 Å². The van der Waals surface area contributed by atoms with Crippen LogP contribution in [0.1, 0.15) is 0 Å². The Bertz CT molecular complexity index is 3560. The normalized spacial score (nSPS) is 11.9. The molecule has 0 aliphatic carbocycles. The molecule has 0 bridgehead atoms. The highest BCUT2D eigenvalue weighted by molar-refractivity contribution is 6.29. The Morgan fingerprint density at radius 3 is 1.27 bits per heavy atom. The van der Waals surface area contributed by atoms with Crippen LogP contribution in [0.3, 0.4) is 0 Å². The van der Waals surface area contributed by atoms with Gasteiger partial charge < -0.3 is 45.3 Å². The van der Waals surface area contributed by atoms with Crippen LogP contribution in [0.25, 0.3) is 109 Å². The molecule has 0 saturated heterocycles. The fourth-order valence-corrected chi connectivity index (χ4v) is 8.85. The van der Waals surface area contributed by atoms with E-state index in [4.69, 9.17) is 4.42 Å². The second kappa shape index (κ2) is 12.1. The Labute approximate surface area is 333 Å². The molecule has 0 fully saturated rings. The van der Waals surface area contributed by atoms with Crippen LogP contribution in [0.2, 0.25) is 0 Å². The number of hydrogen-bond donors (Lipinski definition) is 8. The maximum Gasteiger partial charge on any atom is 0.204 e. The molecule has 1 aromatic heterocycles. The molecule has 284 valence electrons. The van der Waals surface area contributed by atoms with Crippen molar-refractivity contribution in [3.63, 3.8) is 0 Å². The third-order valence-electron chi connectivity index (χ3n) is 11.7. The molecule has 59 heavy (non-hydrogen) atoms. The van der Waals surface area contributed by atoms with Gasteiger partial charge in [0.05, 0.1) is 0 Å². The Morgan fingerprint density at radius 1 is 0.271 bits per heavy atom. The summed E-state index contributed by atoms with van der Waals surface area (Å²) in [6.45, 7) is 0. The van der Waals surface area contributed by atoms with Gasteiger partial charge in [-0.1, -0.05) is 97.1 Å². The SMILES string of the molecule is Oc1c(O)c(O)c2c(-c3ccc4oc5cc6ccccc6cc5c4c3)c3c(O)c(O)c(O)c(O)c3c(-c3ccc4c(ccc5cc(-c6ccccc6)ccc54)c3)c2c1O. The minimum absolute atomic E-state index is 0.0207. The molecule has 11 aromatic rings. The molecule has 0 unspecified atom stereocenters. The first kappa shape index (κ1) is 34.0. The Morgan fingerprint density at radius 2 is 0.712 bits per heavy atom. The predicted octanol–water partition coefficient (Wildman–Crippen LogP) is 12.0. The van der Waals surface area contributed by atoms with Crippen LogP contribution < -0.4 is 0 Å². The maximum absolute atomic E-state index is 11.8. The fraction of sp³-hybridized carbons (Fsp3) is 0. The topological polar surface area (TPSA) is 175 Å². The lowest BCUT2D eigenvalue weighted by Gasteiger charge is -2.22. The molecule has 0 aliphatic rings. The third-order valence-corrected chi connectivity index (χ3v) is 11.7. The Balaban J connectivity index is 1.24. The number of hydrogen-bond acceptors (Lipinski definition) is 9. The number of furan rings is 1. The minimum Gasteiger partial charge on any atom is -0.504 e. The van der Waals surface area contributed by atoms with Gasteiger partial charge in [-0.05, 0) is 91.0 Å². The Hall–Kier alpha value is -8.30. The number of aromatic hydroxyl groups is 8. The number of phenolic OH excluding ortho intramolecular Hbond substituents is 8. The maximum atomic E-state index is 11.8. The molecule has 9 heteroatoms. The number of phenols is 8. The van der Waals surface area contributed by atoms with Gasteiger partial charge in [0.1, 0.15) is 11.2 Å². The van der Waals surface area contributed by atoms with E-state index >= 15 is 0 Å². The largest absolute Gasteiger partial charge is 0.504 e. The second-order valence-electron chi connectivity index (χ2n) is 14.9. The Kier molecular flexibility index (Phi) is 6.97. The molecule has 0 atom stereocenters. The third kappa shape index (κ3) is 4.73. The van der Waals surface area contributed by atoms with Gasteiger partial charge in [-0.25, -0.2) is 0 Å². The highest BCUT2D eigenvalue weighted by Crippen LogP contribution is 2.62. The summed E-state index contributed by atoms with van der Waals surface area (Å²) < 4.78 is 6.22. The summed E-state index contributed by atoms with van der Waals surface area (Å²) >= 11 is 0. The van der Waals surface area contributed by atoms with Gasteiger partial charge in [-0.15, -0.1) is 0 Å². The van der Waals surface area contributed by atoms with Gasteiger partial charge in [0, 0.05) is 43.4 Å². The van der Waals surface area contributed by atoms with Gasteiger partial charge in [0.25, 0.3) is 0 Å². The van der Waals surface area contributed by atoms with Crippen molar-refractivity contribution in [2.24, 2.45) is 0 Å². The summed E-state index contributed by atoms with van der Waals surface area (Å²) in [6.07, 6.45) is 0. The van der Waals surface area contributed by atoms with Crippen molar-refractivity contribution in [1.82, 2.24) is 0 Å². The molecule has 0 spiro atoms. The standard InChI is InChI=1S/C50H30O9/c51-43-39-37(29-13-16-32-28(19-29)11-10-27-18-26(12-15-31(27)32)23-6-2-1-3-7-23)40-42(46(54)50(58)48(56)44(40)52)38(41(39)45(53)49(57)47(43)55)30-14-17-35-33(21-30)34-20-24-8-4-5-9-25(24)22-36(34)59-35/h1-22,51-58H. The van der Waals surface area contributed by atoms with E-state index in [1.54, 1.807) is 30.3 Å². The number of rotatable bonds is 3. The van der Waals surface area contributed by atoms with Crippen molar-refractivity contribution in [2.75, 3.05) is 0 Å². The molecule has 0 aliphatic heterocycles. The smallest absolute Gasteiger partial charge is 0.204 e. The zero-order chi connectivity index (χ0) is 40.4. The molecule has 1 heterocycles. The van der Waals surface area contributed by atoms with Crippen molar-refractivity contribution in [3.05, 3.63) is 133 Å². The van der Waals surface area contributed by atoms with E-state index in [1.165, 1.54) is 0 Å². The average molecular weight is 775 g/mol. The highest BCUT2D eigenvalue weighted by atomic mass is 16.4. The minimum atomic E-state index is -1.03. The molecule has 9 nitrogen and oxygen atoms in total. The van der Waals surface area contributed by atoms with E-state index in [0.29, 0.717) is 27.7 Å². The molecule has 0 radical (unpaired) electrons. The first-order valence-electron chi connectivity index (χ1n) is 18.7. The molecule has 0 saturated carbocycles. The average Bonchev–Trinajstić information content (AvgIpc) is 3.63. The van der Waals surface area contributed by atoms with E-state index in [1.807, 2.05) is 97.1 Å². The molecular formula is C50H30O9. The lowest BCUT2D eigenvalue weighted by atomic mass is 9.83. The zero-order valence-electron chi connectivity index (χ0n) is 30.7. The monoisotopic (exact) mass is 774 g/mol. The van der Waals surface area contributed by atoms with Crippen LogP contribution >= 0.6 is 0 Å². The van der Waals surface area contributed by atoms with Crippen LogP contribution in [0.5, 0.6) is 46.0 Å². The highest BCUT2D eigenvalue weighted by Gasteiger charge is 2.32. The molecule has 10 aromatic carbocycles. The fourth-order valence-electron chi connectivity index (χ4n) is 8.85. The van der Waals surface area contributed by atoms with Crippen molar-refractivity contribution >= 4 is 75.8 Å². The predicted molar refractivity (Wildman–Crippen MR) is 231 cm³/mol. The summed E-state index contributed by atoms with van der Waals surface area (Å²) in [5.74, 6) is -7.49. The zero-order valence-corrected chi connectivity index (χ0v) is 30.7. The summed E-state index contributed by atoms with van der Waals surface area (Å²) in [5, 5.41) is 97.4. The summed E-state index contributed by atoms with van der Waals surface area (Å²) in [6, 6.07) is 42.2. The van der Waals surface area contributed by atoms with Crippen molar-refractivity contribution in [2.45, 2.75) is 0 Å². The molecular weight excluding hydrogens is 745 g/mol. The molecule has 11 rings (SSSR count). The summed E-state index contributed by atoms with van der Waals surface area (Å²) in [5.41, 5.74) is 3.83. The van der Waals surface area contributed by atoms with E-state index in [9.17, 15) is 40.9 Å². The molecule has 0 amide bonds.